The molecule has 1 fully saturated rings. The number of methoxy groups -OCH3 is 1. The van der Waals surface area contributed by atoms with E-state index in [1.165, 1.54) is 0 Å². The Morgan fingerprint density at radius 1 is 1.25 bits per heavy atom. The number of carbonyl (C=O) groups is 1. The summed E-state index contributed by atoms with van der Waals surface area (Å²) >= 11 is 0. The lowest BCUT2D eigenvalue weighted by molar-refractivity contribution is -0.133. The van der Waals surface area contributed by atoms with E-state index in [2.05, 4.69) is 9.97 Å². The first kappa shape index (κ1) is 22.0. The van der Waals surface area contributed by atoms with E-state index in [9.17, 15) is 4.79 Å². The minimum absolute atomic E-state index is 0.142. The van der Waals surface area contributed by atoms with Gasteiger partial charge in [0.1, 0.15) is 17.4 Å². The molecule has 8 heteroatoms. The van der Waals surface area contributed by atoms with Gasteiger partial charge in [-0.3, -0.25) is 9.69 Å². The van der Waals surface area contributed by atoms with Crippen LogP contribution in [-0.4, -0.2) is 64.5 Å². The van der Waals surface area contributed by atoms with E-state index in [1.54, 1.807) is 7.11 Å². The third kappa shape index (κ3) is 4.96. The van der Waals surface area contributed by atoms with E-state index in [0.29, 0.717) is 36.9 Å². The highest BCUT2D eigenvalue weighted by Crippen LogP contribution is 2.28. The van der Waals surface area contributed by atoms with Crippen LogP contribution in [0.3, 0.4) is 0 Å². The number of rotatable bonds is 6. The molecule has 1 aliphatic heterocycles. The molecule has 0 spiro atoms. The predicted octanol–water partition coefficient (Wildman–Crippen LogP) is 2.76. The Labute approximate surface area is 188 Å². The van der Waals surface area contributed by atoms with Gasteiger partial charge in [-0.05, 0) is 56.6 Å². The van der Waals surface area contributed by atoms with Crippen LogP contribution in [0.4, 0.5) is 5.82 Å². The number of hydrogen-bond donors (Lipinski definition) is 1. The Hall–Kier alpha value is -3.26. The first-order chi connectivity index (χ1) is 15.4. The molecule has 0 bridgehead atoms. The smallest absolute Gasteiger partial charge is 0.236 e. The van der Waals surface area contributed by atoms with Gasteiger partial charge in [-0.1, -0.05) is 12.1 Å². The zero-order chi connectivity index (χ0) is 22.7. The number of piperidine rings is 1. The van der Waals surface area contributed by atoms with Crippen molar-refractivity contribution in [3.63, 3.8) is 0 Å². The lowest BCUT2D eigenvalue weighted by Gasteiger charge is -2.33. The number of nitrogens with zero attached hydrogens (tertiary/aromatic N) is 5. The number of nitrogens with two attached hydrogens (primary N) is 1. The van der Waals surface area contributed by atoms with Crippen molar-refractivity contribution in [1.29, 1.82) is 0 Å². The van der Waals surface area contributed by atoms with E-state index in [-0.39, 0.29) is 11.8 Å². The third-order valence-electron chi connectivity index (χ3n) is 5.91. The lowest BCUT2D eigenvalue weighted by atomic mass is 9.94. The molecule has 4 rings (SSSR count). The van der Waals surface area contributed by atoms with Gasteiger partial charge in [0.2, 0.25) is 5.91 Å². The molecule has 2 aromatic heterocycles. The van der Waals surface area contributed by atoms with Crippen LogP contribution < -0.4 is 10.5 Å². The number of likely N-dealkylation sites (N-methyl/N-ethyl adjacent to an activating group) is 1. The quantitative estimate of drug-likeness (QED) is 0.637. The van der Waals surface area contributed by atoms with Crippen molar-refractivity contribution in [3.8, 4) is 5.75 Å². The molecule has 32 heavy (non-hydrogen) atoms. The van der Waals surface area contributed by atoms with Gasteiger partial charge >= 0.3 is 0 Å². The van der Waals surface area contributed by atoms with Gasteiger partial charge in [0.25, 0.3) is 0 Å². The molecule has 1 atom stereocenters. The fourth-order valence-electron chi connectivity index (χ4n) is 4.30. The number of hydrogen-bond acceptors (Lipinski definition) is 7. The number of aryl methyl sites for hydroxylation is 1. The van der Waals surface area contributed by atoms with Gasteiger partial charge in [-0.25, -0.2) is 15.0 Å². The Bertz CT molecular complexity index is 1120. The van der Waals surface area contributed by atoms with Crippen molar-refractivity contribution in [2.75, 3.05) is 39.5 Å². The molecule has 2 N–H and O–H groups in total. The number of benzene rings is 1. The van der Waals surface area contributed by atoms with E-state index in [1.807, 2.05) is 60.2 Å². The van der Waals surface area contributed by atoms with Crippen LogP contribution in [0.1, 0.15) is 35.8 Å². The highest BCUT2D eigenvalue weighted by Gasteiger charge is 2.26. The van der Waals surface area contributed by atoms with Crippen LogP contribution in [0.5, 0.6) is 5.75 Å². The van der Waals surface area contributed by atoms with Crippen LogP contribution in [0.25, 0.3) is 11.0 Å². The molecule has 168 valence electrons. The second-order valence-corrected chi connectivity index (χ2v) is 8.47. The molecular weight excluding hydrogens is 404 g/mol. The van der Waals surface area contributed by atoms with Gasteiger partial charge in [-0.2, -0.15) is 0 Å². The number of aromatic nitrogens is 3. The van der Waals surface area contributed by atoms with Crippen molar-refractivity contribution >= 4 is 22.8 Å². The van der Waals surface area contributed by atoms with Crippen molar-refractivity contribution in [2.45, 2.75) is 32.2 Å². The number of likely N-dealkylation sites (tertiary alicyclic amines) is 1. The van der Waals surface area contributed by atoms with Crippen molar-refractivity contribution in [2.24, 2.45) is 0 Å². The van der Waals surface area contributed by atoms with Crippen LogP contribution in [0, 0.1) is 6.92 Å². The maximum Gasteiger partial charge on any atom is 0.236 e. The fraction of sp³-hybridized carbons (Fsp3) is 0.417. The van der Waals surface area contributed by atoms with E-state index in [0.717, 1.165) is 41.8 Å². The zero-order valence-corrected chi connectivity index (χ0v) is 18.9. The molecule has 0 radical (unpaired) electrons. The average molecular weight is 435 g/mol. The first-order valence-electron chi connectivity index (χ1n) is 10.9. The van der Waals surface area contributed by atoms with Crippen LogP contribution >= 0.6 is 0 Å². The number of nitrogen functional groups attached to an aromatic ring is 1. The summed E-state index contributed by atoms with van der Waals surface area (Å²) in [5.74, 6) is 2.22. The van der Waals surface area contributed by atoms with Crippen molar-refractivity contribution in [1.82, 2.24) is 24.8 Å². The molecule has 1 amide bonds. The minimum atomic E-state index is 0.142. The molecule has 0 unspecified atom stereocenters. The van der Waals surface area contributed by atoms with Gasteiger partial charge in [0.15, 0.2) is 5.65 Å². The lowest BCUT2D eigenvalue weighted by Crippen LogP contribution is -2.43. The Kier molecular flexibility index (Phi) is 6.50. The summed E-state index contributed by atoms with van der Waals surface area (Å²) in [5, 5.41) is 0.766. The minimum Gasteiger partial charge on any atom is -0.497 e. The zero-order valence-electron chi connectivity index (χ0n) is 18.9. The standard InChI is InChI=1S/C24H30N6O2/c1-16-26-23(25)20-9-10-21(28-24(20)27-16)18-7-5-11-30(14-18)22(31)15-29(2)13-17-6-4-8-19(12-17)32-3/h4,6,8-10,12,18H,5,7,11,13-15H2,1-3H3,(H2,25,26,27,28)/t18-/m0/s1. The number of amides is 1. The van der Waals surface area contributed by atoms with E-state index < -0.39 is 0 Å². The number of anilines is 1. The Morgan fingerprint density at radius 3 is 2.91 bits per heavy atom. The summed E-state index contributed by atoms with van der Waals surface area (Å²) in [6.07, 6.45) is 1.96. The summed E-state index contributed by atoms with van der Waals surface area (Å²) in [6.45, 7) is 4.33. The van der Waals surface area contributed by atoms with Crippen LogP contribution in [-0.2, 0) is 11.3 Å². The fourth-order valence-corrected chi connectivity index (χ4v) is 4.30. The normalized spacial score (nSPS) is 16.5. The van der Waals surface area contributed by atoms with Crippen LogP contribution in [0.15, 0.2) is 36.4 Å². The largest absolute Gasteiger partial charge is 0.497 e. The number of ether oxygens (including phenoxy) is 1. The second-order valence-electron chi connectivity index (χ2n) is 8.47. The van der Waals surface area contributed by atoms with Gasteiger partial charge in [0, 0.05) is 31.2 Å². The third-order valence-corrected chi connectivity index (χ3v) is 5.91. The van der Waals surface area contributed by atoms with E-state index >= 15 is 0 Å². The Morgan fingerprint density at radius 2 is 2.09 bits per heavy atom. The second kappa shape index (κ2) is 9.48. The molecule has 3 heterocycles. The first-order valence-corrected chi connectivity index (χ1v) is 10.9. The molecular formula is C24H30N6O2. The predicted molar refractivity (Wildman–Crippen MR) is 124 cm³/mol. The molecule has 3 aromatic rings. The van der Waals surface area contributed by atoms with Crippen LogP contribution in [0.2, 0.25) is 0 Å². The number of pyridine rings is 1. The summed E-state index contributed by atoms with van der Waals surface area (Å²) < 4.78 is 5.29. The number of carbonyl (C=O) groups excluding carboxylic acids is 1. The SMILES string of the molecule is COc1cccc(CN(C)CC(=O)N2CCC[C@H](c3ccc4c(N)nc(C)nc4n3)C2)c1. The van der Waals surface area contributed by atoms with Gasteiger partial charge in [-0.15, -0.1) is 0 Å². The van der Waals surface area contributed by atoms with Crippen molar-refractivity contribution < 1.29 is 9.53 Å². The molecule has 8 nitrogen and oxygen atoms in total. The average Bonchev–Trinajstić information content (AvgIpc) is 2.78. The molecule has 0 saturated carbocycles. The highest BCUT2D eigenvalue weighted by molar-refractivity contribution is 5.85. The maximum absolute atomic E-state index is 13.0. The summed E-state index contributed by atoms with van der Waals surface area (Å²) in [5.41, 5.74) is 8.70. The molecule has 1 aromatic carbocycles. The molecule has 0 aliphatic carbocycles. The molecule has 1 aliphatic rings. The topological polar surface area (TPSA) is 97.5 Å². The van der Waals surface area contributed by atoms with Gasteiger partial charge in [0.05, 0.1) is 19.0 Å². The summed E-state index contributed by atoms with van der Waals surface area (Å²) in [7, 11) is 3.63. The van der Waals surface area contributed by atoms with Gasteiger partial charge < -0.3 is 15.4 Å². The highest BCUT2D eigenvalue weighted by atomic mass is 16.5. The summed E-state index contributed by atoms with van der Waals surface area (Å²) in [6, 6.07) is 11.9. The summed E-state index contributed by atoms with van der Waals surface area (Å²) in [4.78, 5) is 30.4. The van der Waals surface area contributed by atoms with Crippen molar-refractivity contribution in [3.05, 3.63) is 53.5 Å². The Balaban J connectivity index is 1.41. The van der Waals surface area contributed by atoms with E-state index in [4.69, 9.17) is 15.5 Å². The number of fused-ring (bicyclic) bond motifs is 1. The monoisotopic (exact) mass is 434 g/mol. The maximum atomic E-state index is 13.0. The molecule has 1 saturated heterocycles.